The smallest absolute Gasteiger partial charge is 0.374 e. The van der Waals surface area contributed by atoms with Gasteiger partial charge in [0.05, 0.1) is 13.4 Å². The van der Waals surface area contributed by atoms with Gasteiger partial charge in [-0.15, -0.1) is 0 Å². The normalized spacial score (nSPS) is 36.9. The topological polar surface area (TPSA) is 51.5 Å². The molecule has 21 heavy (non-hydrogen) atoms. The predicted octanol–water partition coefficient (Wildman–Crippen LogP) is 2.98. The van der Waals surface area contributed by atoms with Crippen LogP contribution >= 0.6 is 0 Å². The summed E-state index contributed by atoms with van der Waals surface area (Å²) in [7, 11) is 1.39. The van der Waals surface area contributed by atoms with Crippen LogP contribution in [0, 0.1) is 23.7 Å². The molecule has 1 heterocycles. The fraction of sp³-hybridized carbons (Fsp3) is 0.706. The van der Waals surface area contributed by atoms with Crippen LogP contribution in [0.25, 0.3) is 0 Å². The van der Waals surface area contributed by atoms with Gasteiger partial charge in [0.15, 0.2) is 0 Å². The molecule has 4 heteroatoms. The van der Waals surface area contributed by atoms with Gasteiger partial charge in [-0.3, -0.25) is 0 Å². The minimum atomic E-state index is -0.387. The van der Waals surface area contributed by atoms with Crippen LogP contribution in [0.4, 0.5) is 0 Å². The number of esters is 1. The first-order chi connectivity index (χ1) is 10.2. The van der Waals surface area contributed by atoms with Crippen molar-refractivity contribution in [1.82, 2.24) is 5.32 Å². The van der Waals surface area contributed by atoms with Gasteiger partial charge in [0.25, 0.3) is 0 Å². The number of carbonyl (C=O) groups is 1. The van der Waals surface area contributed by atoms with Crippen molar-refractivity contribution < 1.29 is 13.9 Å². The van der Waals surface area contributed by atoms with E-state index in [0.29, 0.717) is 18.3 Å². The SMILES string of the molecule is COC(=O)c1occc1CNC1C2CC3CC(C2)CC1C3. The lowest BCUT2D eigenvalue weighted by Crippen LogP contribution is -2.54. The maximum atomic E-state index is 11.6. The van der Waals surface area contributed by atoms with Crippen molar-refractivity contribution in [3.63, 3.8) is 0 Å². The van der Waals surface area contributed by atoms with Crippen LogP contribution in [-0.2, 0) is 11.3 Å². The third-order valence-corrected chi connectivity index (χ3v) is 5.87. The highest BCUT2D eigenvalue weighted by molar-refractivity contribution is 5.87. The van der Waals surface area contributed by atoms with E-state index in [-0.39, 0.29) is 5.97 Å². The van der Waals surface area contributed by atoms with Crippen molar-refractivity contribution in [3.05, 3.63) is 23.7 Å². The van der Waals surface area contributed by atoms with E-state index < -0.39 is 0 Å². The number of methoxy groups -OCH3 is 1. The first kappa shape index (κ1) is 13.4. The third kappa shape index (κ3) is 2.30. The van der Waals surface area contributed by atoms with Gasteiger partial charge in [-0.05, 0) is 61.8 Å². The van der Waals surface area contributed by atoms with Gasteiger partial charge in [0, 0.05) is 18.2 Å². The summed E-state index contributed by atoms with van der Waals surface area (Å²) in [6.07, 6.45) is 8.66. The molecule has 1 N–H and O–H groups in total. The van der Waals surface area contributed by atoms with Gasteiger partial charge in [-0.1, -0.05) is 0 Å². The number of furan rings is 1. The van der Waals surface area contributed by atoms with E-state index in [0.717, 1.165) is 29.2 Å². The lowest BCUT2D eigenvalue weighted by Gasteiger charge is -2.54. The Bertz CT molecular complexity index is 508. The fourth-order valence-corrected chi connectivity index (χ4v) is 5.23. The number of hydrogen-bond donors (Lipinski definition) is 1. The second-order valence-electron chi connectivity index (χ2n) is 7.10. The Hall–Kier alpha value is -1.29. The molecule has 0 radical (unpaired) electrons. The van der Waals surface area contributed by atoms with Crippen molar-refractivity contribution in [3.8, 4) is 0 Å². The standard InChI is InChI=1S/C17H23NO3/c1-20-17(19)16-12(2-3-21-16)9-18-15-13-5-10-4-11(7-13)8-14(15)6-10/h2-3,10-11,13-15,18H,4-9H2,1H3. The highest BCUT2D eigenvalue weighted by Gasteiger charge is 2.47. The molecule has 0 atom stereocenters. The van der Waals surface area contributed by atoms with Crippen LogP contribution in [-0.4, -0.2) is 19.1 Å². The fourth-order valence-electron chi connectivity index (χ4n) is 5.23. The van der Waals surface area contributed by atoms with Crippen LogP contribution in [0.5, 0.6) is 0 Å². The molecule has 0 spiro atoms. The van der Waals surface area contributed by atoms with Crippen molar-refractivity contribution in [2.75, 3.05) is 7.11 Å². The predicted molar refractivity (Wildman–Crippen MR) is 77.7 cm³/mol. The number of ether oxygens (including phenoxy) is 1. The molecule has 0 aromatic carbocycles. The second-order valence-corrected chi connectivity index (χ2v) is 7.10. The van der Waals surface area contributed by atoms with Crippen molar-refractivity contribution in [1.29, 1.82) is 0 Å². The number of carbonyl (C=O) groups excluding carboxylic acids is 1. The largest absolute Gasteiger partial charge is 0.463 e. The van der Waals surface area contributed by atoms with Crippen LogP contribution in [0.1, 0.15) is 48.2 Å². The zero-order chi connectivity index (χ0) is 14.4. The summed E-state index contributed by atoms with van der Waals surface area (Å²) in [6, 6.07) is 2.49. The molecule has 4 fully saturated rings. The Morgan fingerprint density at radius 1 is 1.24 bits per heavy atom. The summed E-state index contributed by atoms with van der Waals surface area (Å²) in [5.74, 6) is 3.62. The Morgan fingerprint density at radius 3 is 2.52 bits per heavy atom. The van der Waals surface area contributed by atoms with Crippen molar-refractivity contribution >= 4 is 5.97 Å². The van der Waals surface area contributed by atoms with Crippen LogP contribution < -0.4 is 5.32 Å². The Kier molecular flexibility index (Phi) is 3.29. The van der Waals surface area contributed by atoms with Gasteiger partial charge in [-0.2, -0.15) is 0 Å². The van der Waals surface area contributed by atoms with Gasteiger partial charge in [-0.25, -0.2) is 4.79 Å². The maximum Gasteiger partial charge on any atom is 0.374 e. The molecule has 0 aliphatic heterocycles. The molecule has 4 saturated carbocycles. The molecular formula is C17H23NO3. The molecule has 4 bridgehead atoms. The molecule has 4 aliphatic rings. The average molecular weight is 289 g/mol. The summed E-state index contributed by atoms with van der Waals surface area (Å²) in [6.45, 7) is 0.702. The van der Waals surface area contributed by atoms with Gasteiger partial charge < -0.3 is 14.5 Å². The zero-order valence-corrected chi connectivity index (χ0v) is 12.5. The summed E-state index contributed by atoms with van der Waals surface area (Å²) >= 11 is 0. The first-order valence-corrected chi connectivity index (χ1v) is 8.12. The van der Waals surface area contributed by atoms with E-state index in [1.165, 1.54) is 39.2 Å². The minimum absolute atomic E-state index is 0.341. The van der Waals surface area contributed by atoms with Gasteiger partial charge in [0.1, 0.15) is 0 Å². The summed E-state index contributed by atoms with van der Waals surface area (Å²) in [5.41, 5.74) is 0.913. The number of rotatable bonds is 4. The van der Waals surface area contributed by atoms with E-state index in [1.54, 1.807) is 6.26 Å². The van der Waals surface area contributed by atoms with Crippen LogP contribution in [0.3, 0.4) is 0 Å². The molecule has 0 amide bonds. The Morgan fingerprint density at radius 2 is 1.90 bits per heavy atom. The highest BCUT2D eigenvalue weighted by Crippen LogP contribution is 2.53. The van der Waals surface area contributed by atoms with Gasteiger partial charge >= 0.3 is 5.97 Å². The summed E-state index contributed by atoms with van der Waals surface area (Å²) in [4.78, 5) is 11.6. The van der Waals surface area contributed by atoms with Crippen molar-refractivity contribution in [2.24, 2.45) is 23.7 Å². The van der Waals surface area contributed by atoms with Crippen LogP contribution in [0.2, 0.25) is 0 Å². The number of nitrogens with one attached hydrogen (secondary N) is 1. The Balaban J connectivity index is 1.43. The molecule has 5 rings (SSSR count). The molecule has 114 valence electrons. The average Bonchev–Trinajstić information content (AvgIpc) is 2.93. The zero-order valence-electron chi connectivity index (χ0n) is 12.5. The van der Waals surface area contributed by atoms with Crippen molar-refractivity contribution in [2.45, 2.75) is 44.7 Å². The molecule has 0 saturated heterocycles. The van der Waals surface area contributed by atoms with E-state index in [9.17, 15) is 4.79 Å². The number of hydrogen-bond acceptors (Lipinski definition) is 4. The highest BCUT2D eigenvalue weighted by atomic mass is 16.5. The van der Waals surface area contributed by atoms with Gasteiger partial charge in [0.2, 0.25) is 5.76 Å². The van der Waals surface area contributed by atoms with E-state index >= 15 is 0 Å². The third-order valence-electron chi connectivity index (χ3n) is 5.87. The molecule has 4 aliphatic carbocycles. The minimum Gasteiger partial charge on any atom is -0.463 e. The molecule has 1 aromatic heterocycles. The molecule has 0 unspecified atom stereocenters. The van der Waals surface area contributed by atoms with E-state index in [1.807, 2.05) is 6.07 Å². The lowest BCUT2D eigenvalue weighted by atomic mass is 9.54. The lowest BCUT2D eigenvalue weighted by molar-refractivity contribution is -0.0143. The summed E-state index contributed by atoms with van der Waals surface area (Å²) < 4.78 is 10.0. The quantitative estimate of drug-likeness (QED) is 0.866. The molecule has 4 nitrogen and oxygen atoms in total. The molecular weight excluding hydrogens is 266 g/mol. The molecule has 1 aromatic rings. The monoisotopic (exact) mass is 289 g/mol. The Labute approximate surface area is 125 Å². The van der Waals surface area contributed by atoms with Crippen LogP contribution in [0.15, 0.2) is 16.7 Å². The van der Waals surface area contributed by atoms with E-state index in [2.05, 4.69) is 5.32 Å². The van der Waals surface area contributed by atoms with E-state index in [4.69, 9.17) is 9.15 Å². The first-order valence-electron chi connectivity index (χ1n) is 8.12. The maximum absolute atomic E-state index is 11.6. The second kappa shape index (κ2) is 5.16. The summed E-state index contributed by atoms with van der Waals surface area (Å²) in [5, 5.41) is 3.72.